The molecule has 0 aromatic heterocycles. The summed E-state index contributed by atoms with van der Waals surface area (Å²) in [6.45, 7) is 3.71. The number of halogens is 1. The zero-order valence-electron chi connectivity index (χ0n) is 7.88. The Morgan fingerprint density at radius 1 is 1.31 bits per heavy atom. The van der Waals surface area contributed by atoms with E-state index in [-0.39, 0.29) is 5.78 Å². The summed E-state index contributed by atoms with van der Waals surface area (Å²) in [6, 6.07) is 9.24. The Kier molecular flexibility index (Phi) is 3.10. The standard InChI is InChI=1S/C11H13ClO/c1-11(2,8-12)10(13)9-6-4-3-5-7-9/h3-7H,8H2,1-2H3. The maximum absolute atomic E-state index is 11.8. The predicted octanol–water partition coefficient (Wildman–Crippen LogP) is 3.13. The fraction of sp³-hybridized carbons (Fsp3) is 0.364. The third-order valence-corrected chi connectivity index (χ3v) is 2.65. The van der Waals surface area contributed by atoms with Crippen LogP contribution in [0, 0.1) is 5.41 Å². The van der Waals surface area contributed by atoms with Gasteiger partial charge in [-0.2, -0.15) is 0 Å². The maximum Gasteiger partial charge on any atom is 0.169 e. The van der Waals surface area contributed by atoms with Gasteiger partial charge < -0.3 is 0 Å². The molecule has 0 heterocycles. The van der Waals surface area contributed by atoms with Gasteiger partial charge in [-0.25, -0.2) is 0 Å². The molecule has 70 valence electrons. The molecule has 0 fully saturated rings. The summed E-state index contributed by atoms with van der Waals surface area (Å²) in [7, 11) is 0. The van der Waals surface area contributed by atoms with Gasteiger partial charge in [0.25, 0.3) is 0 Å². The SMILES string of the molecule is CC(C)(CCl)C(=O)c1ccccc1. The molecular weight excluding hydrogens is 184 g/mol. The van der Waals surface area contributed by atoms with Crippen LogP contribution >= 0.6 is 11.6 Å². The summed E-state index contributed by atoms with van der Waals surface area (Å²) in [5, 5.41) is 0. The average Bonchev–Trinajstić information content (AvgIpc) is 2.18. The van der Waals surface area contributed by atoms with Gasteiger partial charge in [0.1, 0.15) is 0 Å². The second-order valence-electron chi connectivity index (χ2n) is 3.71. The van der Waals surface area contributed by atoms with Gasteiger partial charge in [0.2, 0.25) is 0 Å². The van der Waals surface area contributed by atoms with Gasteiger partial charge in [0.15, 0.2) is 5.78 Å². The van der Waals surface area contributed by atoms with Gasteiger partial charge in [-0.3, -0.25) is 4.79 Å². The maximum atomic E-state index is 11.8. The van der Waals surface area contributed by atoms with Crippen molar-refractivity contribution in [2.24, 2.45) is 5.41 Å². The summed E-state index contributed by atoms with van der Waals surface area (Å²) in [4.78, 5) is 11.8. The number of carbonyl (C=O) groups is 1. The van der Waals surface area contributed by atoms with E-state index in [1.54, 1.807) is 0 Å². The summed E-state index contributed by atoms with van der Waals surface area (Å²) < 4.78 is 0. The molecule has 13 heavy (non-hydrogen) atoms. The van der Waals surface area contributed by atoms with Crippen LogP contribution in [0.2, 0.25) is 0 Å². The lowest BCUT2D eigenvalue weighted by molar-refractivity contribution is 0.0862. The molecule has 0 unspecified atom stereocenters. The number of Topliss-reactive ketones (excluding diaryl/α,β-unsaturated/α-hetero) is 1. The average molecular weight is 197 g/mol. The van der Waals surface area contributed by atoms with Crippen LogP contribution in [-0.2, 0) is 0 Å². The van der Waals surface area contributed by atoms with E-state index in [0.29, 0.717) is 5.88 Å². The third-order valence-electron chi connectivity index (χ3n) is 1.98. The summed E-state index contributed by atoms with van der Waals surface area (Å²) in [5.41, 5.74) is 0.260. The molecule has 0 aliphatic carbocycles. The van der Waals surface area contributed by atoms with E-state index in [9.17, 15) is 4.79 Å². The second-order valence-corrected chi connectivity index (χ2v) is 3.98. The molecule has 1 aromatic rings. The lowest BCUT2D eigenvalue weighted by Gasteiger charge is -2.19. The minimum absolute atomic E-state index is 0.100. The van der Waals surface area contributed by atoms with Crippen LogP contribution in [0.4, 0.5) is 0 Å². The van der Waals surface area contributed by atoms with Crippen molar-refractivity contribution in [2.75, 3.05) is 5.88 Å². The highest BCUT2D eigenvalue weighted by molar-refractivity contribution is 6.20. The van der Waals surface area contributed by atoms with Gasteiger partial charge in [-0.05, 0) is 0 Å². The van der Waals surface area contributed by atoms with Crippen LogP contribution in [0.1, 0.15) is 24.2 Å². The minimum atomic E-state index is -0.469. The van der Waals surface area contributed by atoms with Crippen molar-refractivity contribution in [1.29, 1.82) is 0 Å². The van der Waals surface area contributed by atoms with E-state index in [1.165, 1.54) is 0 Å². The summed E-state index contributed by atoms with van der Waals surface area (Å²) in [6.07, 6.45) is 0. The lowest BCUT2D eigenvalue weighted by Crippen LogP contribution is -2.25. The molecule has 1 aromatic carbocycles. The Balaban J connectivity index is 2.93. The summed E-state index contributed by atoms with van der Waals surface area (Å²) in [5.74, 6) is 0.448. The zero-order chi connectivity index (χ0) is 9.90. The van der Waals surface area contributed by atoms with E-state index in [4.69, 9.17) is 11.6 Å². The van der Waals surface area contributed by atoms with Crippen molar-refractivity contribution in [3.05, 3.63) is 35.9 Å². The number of carbonyl (C=O) groups excluding carboxylic acids is 1. The van der Waals surface area contributed by atoms with Gasteiger partial charge >= 0.3 is 0 Å². The Morgan fingerprint density at radius 3 is 2.31 bits per heavy atom. The lowest BCUT2D eigenvalue weighted by atomic mass is 9.86. The van der Waals surface area contributed by atoms with Crippen molar-refractivity contribution in [3.63, 3.8) is 0 Å². The van der Waals surface area contributed by atoms with E-state index in [0.717, 1.165) is 5.56 Å². The molecule has 0 aliphatic heterocycles. The van der Waals surface area contributed by atoms with Crippen molar-refractivity contribution in [3.8, 4) is 0 Å². The fourth-order valence-electron chi connectivity index (χ4n) is 1.04. The molecule has 0 N–H and O–H groups in total. The van der Waals surface area contributed by atoms with Crippen molar-refractivity contribution in [1.82, 2.24) is 0 Å². The molecule has 0 radical (unpaired) electrons. The highest BCUT2D eigenvalue weighted by Crippen LogP contribution is 2.22. The van der Waals surface area contributed by atoms with Crippen LogP contribution in [0.15, 0.2) is 30.3 Å². The number of hydrogen-bond donors (Lipinski definition) is 0. The Hall–Kier alpha value is -0.820. The van der Waals surface area contributed by atoms with E-state index in [1.807, 2.05) is 44.2 Å². The molecule has 0 saturated heterocycles. The van der Waals surface area contributed by atoms with Gasteiger partial charge in [0.05, 0.1) is 0 Å². The van der Waals surface area contributed by atoms with Gasteiger partial charge in [0, 0.05) is 16.9 Å². The highest BCUT2D eigenvalue weighted by atomic mass is 35.5. The number of benzene rings is 1. The van der Waals surface area contributed by atoms with E-state index in [2.05, 4.69) is 0 Å². The Morgan fingerprint density at radius 2 is 1.85 bits per heavy atom. The molecule has 2 heteroatoms. The Bertz CT molecular complexity index is 290. The molecule has 0 spiro atoms. The quantitative estimate of drug-likeness (QED) is 0.536. The van der Waals surface area contributed by atoms with Crippen LogP contribution in [0.25, 0.3) is 0 Å². The molecule has 0 saturated carbocycles. The first-order valence-corrected chi connectivity index (χ1v) is 4.77. The number of hydrogen-bond acceptors (Lipinski definition) is 1. The molecular formula is C11H13ClO. The molecule has 0 atom stereocenters. The van der Waals surface area contributed by atoms with Gasteiger partial charge in [-0.1, -0.05) is 44.2 Å². The molecule has 1 nitrogen and oxygen atoms in total. The second kappa shape index (κ2) is 3.93. The van der Waals surface area contributed by atoms with E-state index >= 15 is 0 Å². The highest BCUT2D eigenvalue weighted by Gasteiger charge is 2.27. The first-order valence-electron chi connectivity index (χ1n) is 4.24. The van der Waals surface area contributed by atoms with E-state index < -0.39 is 5.41 Å². The van der Waals surface area contributed by atoms with Crippen molar-refractivity contribution >= 4 is 17.4 Å². The summed E-state index contributed by atoms with van der Waals surface area (Å²) >= 11 is 5.72. The number of rotatable bonds is 3. The normalized spacial score (nSPS) is 11.3. The molecule has 1 rings (SSSR count). The molecule has 0 bridgehead atoms. The monoisotopic (exact) mass is 196 g/mol. The molecule has 0 aliphatic rings. The first kappa shape index (κ1) is 10.3. The zero-order valence-corrected chi connectivity index (χ0v) is 8.64. The topological polar surface area (TPSA) is 17.1 Å². The van der Waals surface area contributed by atoms with Crippen LogP contribution in [0.5, 0.6) is 0 Å². The molecule has 0 amide bonds. The van der Waals surface area contributed by atoms with Crippen molar-refractivity contribution < 1.29 is 4.79 Å². The fourth-order valence-corrected chi connectivity index (χ4v) is 1.16. The van der Waals surface area contributed by atoms with Gasteiger partial charge in [-0.15, -0.1) is 11.6 Å². The van der Waals surface area contributed by atoms with Crippen LogP contribution in [-0.4, -0.2) is 11.7 Å². The van der Waals surface area contributed by atoms with Crippen molar-refractivity contribution in [2.45, 2.75) is 13.8 Å². The number of ketones is 1. The Labute approximate surface area is 83.7 Å². The minimum Gasteiger partial charge on any atom is -0.294 e. The first-order chi connectivity index (χ1) is 6.08. The van der Waals surface area contributed by atoms with Crippen LogP contribution in [0.3, 0.4) is 0 Å². The predicted molar refractivity (Wildman–Crippen MR) is 55.3 cm³/mol. The number of alkyl halides is 1. The van der Waals surface area contributed by atoms with Crippen LogP contribution < -0.4 is 0 Å². The smallest absolute Gasteiger partial charge is 0.169 e. The third kappa shape index (κ3) is 2.31. The largest absolute Gasteiger partial charge is 0.294 e.